The van der Waals surface area contributed by atoms with E-state index in [4.69, 9.17) is 9.97 Å². The summed E-state index contributed by atoms with van der Waals surface area (Å²) in [5.41, 5.74) is 15.9. The van der Waals surface area contributed by atoms with Gasteiger partial charge >= 0.3 is 21.1 Å². The second-order valence-electron chi connectivity index (χ2n) is 13.0. The van der Waals surface area contributed by atoms with Crippen LogP contribution in [-0.4, -0.2) is 19.1 Å². The van der Waals surface area contributed by atoms with Gasteiger partial charge in [0.15, 0.2) is 0 Å². The third-order valence-corrected chi connectivity index (χ3v) is 9.33. The fourth-order valence-corrected chi connectivity index (χ4v) is 7.00. The van der Waals surface area contributed by atoms with Crippen LogP contribution < -0.4 is 4.90 Å². The molecule has 0 aliphatic rings. The molecule has 52 heavy (non-hydrogen) atoms. The largest absolute Gasteiger partial charge is 2.00 e. The number of nitrogens with zero attached hydrogens (tertiary/aromatic N) is 5. The first-order valence-electron chi connectivity index (χ1n) is 17.1. The normalized spacial score (nSPS) is 10.9. The van der Waals surface area contributed by atoms with Crippen molar-refractivity contribution >= 4 is 17.1 Å². The van der Waals surface area contributed by atoms with Crippen molar-refractivity contribution in [2.45, 2.75) is 27.7 Å². The zero-order chi connectivity index (χ0) is 34.9. The molecule has 0 saturated carbocycles. The predicted octanol–water partition coefficient (Wildman–Crippen LogP) is 11.4. The number of aryl methyl sites for hydroxylation is 4. The van der Waals surface area contributed by atoms with E-state index in [0.29, 0.717) is 0 Å². The molecule has 0 spiro atoms. The van der Waals surface area contributed by atoms with Crippen LogP contribution in [0.3, 0.4) is 0 Å². The Labute approximate surface area is 320 Å². The molecular weight excluding hydrogens is 818 g/mol. The zero-order valence-electron chi connectivity index (χ0n) is 29.5. The molecule has 2 heterocycles. The van der Waals surface area contributed by atoms with Crippen LogP contribution in [0.15, 0.2) is 152 Å². The molecule has 0 N–H and O–H groups in total. The standard InChI is InChI=1S/C46H37N5.Pt/c1-32-14-11-15-33(2)45(32)49-28-43(47-30-49)37-18-12-22-41(26-37)51(40-20-9-6-10-21-40)42-23-13-19-38(27-42)44-29-50(31-48-44)46-34(3)24-39(25-35(46)4)36-16-7-5-8-17-36;/h5-25,28-31H,1-4H3;/q-2;+2. The van der Waals surface area contributed by atoms with Gasteiger partial charge in [-0.1, -0.05) is 66.7 Å². The number of anilines is 3. The number of hydrogen-bond acceptors (Lipinski definition) is 3. The van der Waals surface area contributed by atoms with Crippen molar-refractivity contribution in [1.82, 2.24) is 19.1 Å². The van der Waals surface area contributed by atoms with Crippen LogP contribution in [0.5, 0.6) is 0 Å². The summed E-state index contributed by atoms with van der Waals surface area (Å²) in [6.45, 7) is 8.59. The first-order chi connectivity index (χ1) is 24.9. The van der Waals surface area contributed by atoms with Crippen molar-refractivity contribution in [3.05, 3.63) is 187 Å². The van der Waals surface area contributed by atoms with Crippen LogP contribution >= 0.6 is 0 Å². The van der Waals surface area contributed by atoms with E-state index >= 15 is 0 Å². The third-order valence-electron chi connectivity index (χ3n) is 9.33. The second-order valence-corrected chi connectivity index (χ2v) is 13.0. The molecule has 2 aromatic heterocycles. The van der Waals surface area contributed by atoms with Gasteiger partial charge in [0.2, 0.25) is 0 Å². The molecule has 0 saturated heterocycles. The summed E-state index contributed by atoms with van der Waals surface area (Å²) in [5.74, 6) is 0. The van der Waals surface area contributed by atoms with Gasteiger partial charge in [-0.3, -0.25) is 9.97 Å². The number of para-hydroxylation sites is 2. The van der Waals surface area contributed by atoms with E-state index in [1.807, 2.05) is 18.7 Å². The van der Waals surface area contributed by atoms with Gasteiger partial charge in [0.25, 0.3) is 0 Å². The monoisotopic (exact) mass is 854 g/mol. The molecule has 8 aromatic rings. The maximum Gasteiger partial charge on any atom is 2.00 e. The van der Waals surface area contributed by atoms with Crippen molar-refractivity contribution in [2.24, 2.45) is 0 Å². The van der Waals surface area contributed by atoms with Crippen LogP contribution in [0.25, 0.3) is 45.0 Å². The first kappa shape index (κ1) is 34.7. The Bertz CT molecular complexity index is 2440. The van der Waals surface area contributed by atoms with Gasteiger partial charge in [-0.05, 0) is 109 Å². The Morgan fingerprint density at radius 3 is 1.46 bits per heavy atom. The molecule has 0 amide bonds. The molecule has 0 radical (unpaired) electrons. The van der Waals surface area contributed by atoms with Crippen molar-refractivity contribution in [3.8, 4) is 45.0 Å². The molecule has 6 aromatic carbocycles. The SMILES string of the molecule is Cc1cccc(C)c1-n1cnc(-c2[c-]c(N(c3[c-]c(-c4cn(-c5c(C)cc(-c6ccccc6)cc5C)cn4)ccc3)c3ccccc3)ccc2)c1.[Pt+2]. The van der Waals surface area contributed by atoms with Crippen LogP contribution in [-0.2, 0) is 21.1 Å². The predicted molar refractivity (Wildman–Crippen MR) is 208 cm³/mol. The topological polar surface area (TPSA) is 38.9 Å². The maximum atomic E-state index is 4.86. The molecule has 256 valence electrons. The van der Waals surface area contributed by atoms with Gasteiger partial charge in [0.1, 0.15) is 0 Å². The van der Waals surface area contributed by atoms with Gasteiger partial charge in [-0.2, -0.15) is 0 Å². The van der Waals surface area contributed by atoms with Crippen LogP contribution in [0.2, 0.25) is 0 Å². The smallest absolute Gasteiger partial charge is 0.346 e. The molecular formula is C46H37N5Pt. The summed E-state index contributed by atoms with van der Waals surface area (Å²) in [4.78, 5) is 11.8. The Hall–Kier alpha value is -5.77. The fourth-order valence-electron chi connectivity index (χ4n) is 7.00. The Balaban J connectivity index is 0.00000420. The van der Waals surface area contributed by atoms with E-state index < -0.39 is 0 Å². The average Bonchev–Trinajstić information content (AvgIpc) is 3.84. The zero-order valence-corrected chi connectivity index (χ0v) is 31.8. The Kier molecular flexibility index (Phi) is 9.89. The number of aromatic nitrogens is 4. The van der Waals surface area contributed by atoms with Gasteiger partial charge in [0, 0.05) is 17.1 Å². The molecule has 6 heteroatoms. The molecule has 8 rings (SSSR count). The van der Waals surface area contributed by atoms with Gasteiger partial charge in [-0.25, -0.2) is 0 Å². The van der Waals surface area contributed by atoms with E-state index in [0.717, 1.165) is 51.0 Å². The Morgan fingerprint density at radius 1 is 0.481 bits per heavy atom. The minimum atomic E-state index is 0. The summed E-state index contributed by atoms with van der Waals surface area (Å²) in [6.07, 6.45) is 7.97. The third kappa shape index (κ3) is 6.80. The summed E-state index contributed by atoms with van der Waals surface area (Å²) >= 11 is 0. The first-order valence-corrected chi connectivity index (χ1v) is 17.1. The maximum absolute atomic E-state index is 4.86. The fraction of sp³-hybridized carbons (Fsp3) is 0.0870. The van der Waals surface area contributed by atoms with Crippen LogP contribution in [0.1, 0.15) is 22.3 Å². The second kappa shape index (κ2) is 14.8. The number of imidazole rings is 2. The van der Waals surface area contributed by atoms with Crippen molar-refractivity contribution < 1.29 is 21.1 Å². The molecule has 5 nitrogen and oxygen atoms in total. The molecule has 0 bridgehead atoms. The van der Waals surface area contributed by atoms with Crippen LogP contribution in [0, 0.1) is 39.8 Å². The summed E-state index contributed by atoms with van der Waals surface area (Å²) < 4.78 is 4.23. The van der Waals surface area contributed by atoms with Crippen molar-refractivity contribution in [1.29, 1.82) is 0 Å². The minimum absolute atomic E-state index is 0. The molecule has 0 fully saturated rings. The van der Waals surface area contributed by atoms with E-state index in [9.17, 15) is 0 Å². The molecule has 0 aliphatic carbocycles. The summed E-state index contributed by atoms with van der Waals surface area (Å²) in [5, 5.41) is 0. The van der Waals surface area contributed by atoms with E-state index in [2.05, 4.69) is 188 Å². The Morgan fingerprint density at radius 2 is 0.942 bits per heavy atom. The molecule has 0 unspecified atom stereocenters. The van der Waals surface area contributed by atoms with Crippen molar-refractivity contribution in [3.63, 3.8) is 0 Å². The van der Waals surface area contributed by atoms with E-state index in [1.54, 1.807) is 0 Å². The quantitative estimate of drug-likeness (QED) is 0.143. The van der Waals surface area contributed by atoms with Gasteiger partial charge in [-0.15, -0.1) is 59.7 Å². The molecule has 0 aliphatic heterocycles. The summed E-state index contributed by atoms with van der Waals surface area (Å²) in [6, 6.07) is 51.5. The number of benzene rings is 6. The van der Waals surface area contributed by atoms with Crippen molar-refractivity contribution in [2.75, 3.05) is 4.90 Å². The number of hydrogen-bond donors (Lipinski definition) is 0. The molecule has 0 atom stereocenters. The van der Waals surface area contributed by atoms with E-state index in [1.165, 1.54) is 33.4 Å². The summed E-state index contributed by atoms with van der Waals surface area (Å²) in [7, 11) is 0. The van der Waals surface area contributed by atoms with Gasteiger partial charge < -0.3 is 14.0 Å². The van der Waals surface area contributed by atoms with Gasteiger partial charge in [0.05, 0.1) is 24.0 Å². The average molecular weight is 855 g/mol. The number of rotatable bonds is 8. The van der Waals surface area contributed by atoms with E-state index in [-0.39, 0.29) is 21.1 Å². The van der Waals surface area contributed by atoms with Crippen LogP contribution in [0.4, 0.5) is 17.1 Å². The minimum Gasteiger partial charge on any atom is -0.346 e.